The normalized spacial score (nSPS) is 8.73. The van der Waals surface area contributed by atoms with Gasteiger partial charge in [-0.15, -0.1) is 0 Å². The van der Waals surface area contributed by atoms with E-state index in [2.05, 4.69) is 19.8 Å². The third-order valence-electron chi connectivity index (χ3n) is 0.288. The van der Waals surface area contributed by atoms with Crippen LogP contribution in [0.4, 0.5) is 9.59 Å². The van der Waals surface area contributed by atoms with Gasteiger partial charge in [0.1, 0.15) is 22.1 Å². The SMILES string of the molecule is NC(=O)OSSSOC(N)=O. The average molecular weight is 216 g/mol. The summed E-state index contributed by atoms with van der Waals surface area (Å²) < 4.78 is 8.38. The first kappa shape index (κ1) is 10.6. The van der Waals surface area contributed by atoms with Crippen molar-refractivity contribution in [2.75, 3.05) is 0 Å². The Hall–Kier alpha value is -0.410. The van der Waals surface area contributed by atoms with Gasteiger partial charge in [0.2, 0.25) is 0 Å². The summed E-state index contributed by atoms with van der Waals surface area (Å²) in [5, 5.41) is 0. The molecule has 0 aliphatic carbocycles. The Bertz CT molecular complexity index is 136. The molecule has 4 N–H and O–H groups in total. The van der Waals surface area contributed by atoms with Gasteiger partial charge in [-0.1, -0.05) is 0 Å². The Morgan fingerprint density at radius 2 is 1.36 bits per heavy atom. The van der Waals surface area contributed by atoms with Gasteiger partial charge in [0, 0.05) is 0 Å². The maximum atomic E-state index is 9.92. The van der Waals surface area contributed by atoms with E-state index >= 15 is 0 Å². The molecule has 0 aromatic rings. The lowest BCUT2D eigenvalue weighted by Gasteiger charge is -1.95. The molecule has 0 rings (SSSR count). The number of carbonyl (C=O) groups excluding carboxylic acids is 2. The maximum absolute atomic E-state index is 9.92. The van der Waals surface area contributed by atoms with E-state index in [4.69, 9.17) is 0 Å². The number of hydrogen-bond donors (Lipinski definition) is 2. The minimum Gasteiger partial charge on any atom is -0.362 e. The molecular formula is C2H4N2O4S3. The van der Waals surface area contributed by atoms with Crippen molar-refractivity contribution in [2.45, 2.75) is 0 Å². The number of rotatable bonds is 4. The molecule has 0 saturated heterocycles. The zero-order valence-corrected chi connectivity index (χ0v) is 7.46. The lowest BCUT2D eigenvalue weighted by molar-refractivity contribution is 0.218. The molecule has 9 heteroatoms. The van der Waals surface area contributed by atoms with E-state index in [1.165, 1.54) is 0 Å². The van der Waals surface area contributed by atoms with Crippen LogP contribution < -0.4 is 11.5 Å². The Morgan fingerprint density at radius 1 is 1.00 bits per heavy atom. The molecule has 0 spiro atoms. The number of primary amides is 2. The fourth-order valence-corrected chi connectivity index (χ4v) is 1.66. The number of carbonyl (C=O) groups is 2. The summed E-state index contributed by atoms with van der Waals surface area (Å²) in [4.78, 5) is 19.8. The van der Waals surface area contributed by atoms with Gasteiger partial charge in [-0.2, -0.15) is 0 Å². The van der Waals surface area contributed by atoms with Crippen molar-refractivity contribution in [3.05, 3.63) is 0 Å². The molecule has 0 bridgehead atoms. The van der Waals surface area contributed by atoms with E-state index in [9.17, 15) is 9.59 Å². The molecular weight excluding hydrogens is 212 g/mol. The van der Waals surface area contributed by atoms with Gasteiger partial charge in [0.05, 0.1) is 9.83 Å². The summed E-state index contributed by atoms with van der Waals surface area (Å²) in [5.74, 6) is 0. The minimum atomic E-state index is -0.915. The van der Waals surface area contributed by atoms with Gasteiger partial charge < -0.3 is 19.8 Å². The summed E-state index contributed by atoms with van der Waals surface area (Å²) in [5.41, 5.74) is 9.19. The first-order valence-corrected chi connectivity index (χ1v) is 5.39. The zero-order valence-electron chi connectivity index (χ0n) is 5.01. The van der Waals surface area contributed by atoms with Gasteiger partial charge in [0.25, 0.3) is 0 Å². The first-order chi connectivity index (χ1) is 5.13. The van der Waals surface area contributed by atoms with E-state index in [1.54, 1.807) is 0 Å². The standard InChI is InChI=1S/C2H4N2O4S3/c3-1(5)7-9-11-10-8-2(4)6/h(H2,3,5)(H2,4,6). The van der Waals surface area contributed by atoms with Gasteiger partial charge >= 0.3 is 12.2 Å². The molecule has 0 aromatic carbocycles. The second kappa shape index (κ2) is 6.31. The van der Waals surface area contributed by atoms with Crippen LogP contribution in [0.2, 0.25) is 0 Å². The molecule has 0 unspecified atom stereocenters. The lowest BCUT2D eigenvalue weighted by Crippen LogP contribution is -2.08. The maximum Gasteiger partial charge on any atom is 0.417 e. The van der Waals surface area contributed by atoms with Crippen molar-refractivity contribution in [1.82, 2.24) is 0 Å². The molecule has 0 heterocycles. The van der Waals surface area contributed by atoms with Crippen LogP contribution in [-0.4, -0.2) is 12.2 Å². The van der Waals surface area contributed by atoms with Crippen LogP contribution in [0.25, 0.3) is 0 Å². The van der Waals surface area contributed by atoms with Crippen molar-refractivity contribution in [1.29, 1.82) is 0 Å². The molecule has 0 atom stereocenters. The lowest BCUT2D eigenvalue weighted by atomic mass is 11.3. The van der Waals surface area contributed by atoms with E-state index in [-0.39, 0.29) is 0 Å². The molecule has 6 nitrogen and oxygen atoms in total. The molecule has 0 fully saturated rings. The third kappa shape index (κ3) is 9.59. The van der Waals surface area contributed by atoms with Crippen molar-refractivity contribution in [2.24, 2.45) is 11.5 Å². The Morgan fingerprint density at radius 3 is 1.64 bits per heavy atom. The fourth-order valence-electron chi connectivity index (χ4n) is 0.106. The van der Waals surface area contributed by atoms with E-state index in [0.717, 1.165) is 9.83 Å². The smallest absolute Gasteiger partial charge is 0.362 e. The second-order valence-electron chi connectivity index (χ2n) is 1.01. The molecule has 0 aliphatic rings. The first-order valence-electron chi connectivity index (χ1n) is 2.06. The summed E-state index contributed by atoms with van der Waals surface area (Å²) in [6, 6.07) is 0. The average Bonchev–Trinajstić information content (AvgIpc) is 1.85. The van der Waals surface area contributed by atoms with Crippen molar-refractivity contribution in [3.8, 4) is 0 Å². The van der Waals surface area contributed by atoms with E-state index in [0.29, 0.717) is 22.1 Å². The number of amides is 2. The van der Waals surface area contributed by atoms with Crippen LogP contribution in [0.15, 0.2) is 0 Å². The Kier molecular flexibility index (Phi) is 6.07. The van der Waals surface area contributed by atoms with E-state index in [1.807, 2.05) is 0 Å². The zero-order chi connectivity index (χ0) is 8.69. The quantitative estimate of drug-likeness (QED) is 0.411. The number of nitrogens with two attached hydrogens (primary N) is 2. The van der Waals surface area contributed by atoms with Crippen molar-refractivity contribution in [3.63, 3.8) is 0 Å². The highest BCUT2D eigenvalue weighted by atomic mass is 33.5. The van der Waals surface area contributed by atoms with Crippen LogP contribution in [0.3, 0.4) is 0 Å². The van der Waals surface area contributed by atoms with Gasteiger partial charge in [-0.3, -0.25) is 0 Å². The largest absolute Gasteiger partial charge is 0.417 e. The molecule has 2 amide bonds. The number of hydrogen-bond acceptors (Lipinski definition) is 7. The van der Waals surface area contributed by atoms with Gasteiger partial charge in [-0.25, -0.2) is 9.59 Å². The predicted molar refractivity (Wildman–Crippen MR) is 44.1 cm³/mol. The summed E-state index contributed by atoms with van der Waals surface area (Å²) in [6.45, 7) is 0. The predicted octanol–water partition coefficient (Wildman–Crippen LogP) is 1.04. The Labute approximate surface area is 73.9 Å². The van der Waals surface area contributed by atoms with Gasteiger partial charge in [-0.05, 0) is 0 Å². The van der Waals surface area contributed by atoms with Crippen LogP contribution in [0, 0.1) is 0 Å². The highest BCUT2D eigenvalue weighted by Gasteiger charge is 1.99. The molecule has 0 saturated carbocycles. The van der Waals surface area contributed by atoms with Crippen LogP contribution in [-0.2, 0) is 8.37 Å². The molecule has 0 aliphatic heterocycles. The van der Waals surface area contributed by atoms with Crippen molar-refractivity contribution >= 4 is 44.2 Å². The van der Waals surface area contributed by atoms with Crippen molar-refractivity contribution < 1.29 is 18.0 Å². The molecule has 0 aromatic heterocycles. The summed E-state index contributed by atoms with van der Waals surface area (Å²) in [6.07, 6.45) is -1.83. The van der Waals surface area contributed by atoms with Crippen LogP contribution in [0.5, 0.6) is 0 Å². The van der Waals surface area contributed by atoms with E-state index < -0.39 is 12.2 Å². The molecule has 0 radical (unpaired) electrons. The fraction of sp³-hybridized carbons (Fsp3) is 0. The highest BCUT2D eigenvalue weighted by Crippen LogP contribution is 2.35. The molecule has 64 valence electrons. The monoisotopic (exact) mass is 216 g/mol. The minimum absolute atomic E-state index is 0.676. The summed E-state index contributed by atoms with van der Waals surface area (Å²) in [7, 11) is 0.897. The Balaban J connectivity index is 3.03. The molecule has 11 heavy (non-hydrogen) atoms. The second-order valence-corrected chi connectivity index (χ2v) is 4.20. The highest BCUT2D eigenvalue weighted by molar-refractivity contribution is 9.07. The topological polar surface area (TPSA) is 105 Å². The van der Waals surface area contributed by atoms with Gasteiger partial charge in [0.15, 0.2) is 0 Å². The third-order valence-corrected chi connectivity index (χ3v) is 2.61. The van der Waals surface area contributed by atoms with Crippen LogP contribution in [0.1, 0.15) is 0 Å². The van der Waals surface area contributed by atoms with Crippen LogP contribution >= 0.6 is 32.0 Å². The summed E-state index contributed by atoms with van der Waals surface area (Å²) >= 11 is 1.35.